The fourth-order valence-corrected chi connectivity index (χ4v) is 2.53. The number of amides is 1. The van der Waals surface area contributed by atoms with Gasteiger partial charge < -0.3 is 15.0 Å². The van der Waals surface area contributed by atoms with Crippen LogP contribution in [0.4, 0.5) is 0 Å². The van der Waals surface area contributed by atoms with Gasteiger partial charge in [-0.2, -0.15) is 0 Å². The molecule has 2 heterocycles. The number of halogens is 2. The van der Waals surface area contributed by atoms with Gasteiger partial charge in [-0.25, -0.2) is 0 Å². The maximum atomic E-state index is 12.1. The summed E-state index contributed by atoms with van der Waals surface area (Å²) >= 11 is 0. The third kappa shape index (κ3) is 5.44. The molecule has 0 aromatic rings. The molecular weight excluding hydrogens is 289 g/mol. The number of carbonyl (C=O) groups is 1. The third-order valence-corrected chi connectivity index (χ3v) is 3.65. The molecule has 19 heavy (non-hydrogen) atoms. The van der Waals surface area contributed by atoms with Crippen molar-refractivity contribution in [1.29, 1.82) is 0 Å². The van der Waals surface area contributed by atoms with Gasteiger partial charge in [-0.3, -0.25) is 9.69 Å². The van der Waals surface area contributed by atoms with Crippen molar-refractivity contribution in [2.75, 3.05) is 53.0 Å². The summed E-state index contributed by atoms with van der Waals surface area (Å²) in [4.78, 5) is 16.5. The predicted octanol–water partition coefficient (Wildman–Crippen LogP) is 0.373. The molecule has 7 heteroatoms. The summed E-state index contributed by atoms with van der Waals surface area (Å²) in [6.45, 7) is 6.41. The molecule has 5 nitrogen and oxygen atoms in total. The Balaban J connectivity index is 0.00000162. The van der Waals surface area contributed by atoms with Crippen LogP contribution in [-0.4, -0.2) is 74.7 Å². The van der Waals surface area contributed by atoms with E-state index >= 15 is 0 Å². The van der Waals surface area contributed by atoms with E-state index in [0.29, 0.717) is 5.91 Å². The fraction of sp³-hybridized carbons (Fsp3) is 0.917. The average Bonchev–Trinajstić information content (AvgIpc) is 2.90. The molecule has 2 fully saturated rings. The summed E-state index contributed by atoms with van der Waals surface area (Å²) in [5.74, 6) is 0.300. The van der Waals surface area contributed by atoms with Gasteiger partial charge in [0.15, 0.2) is 0 Å². The molecule has 2 aliphatic heterocycles. The zero-order valence-corrected chi connectivity index (χ0v) is 13.1. The Hall–Kier alpha value is -0.0700. The number of methoxy groups -OCH3 is 1. The summed E-state index contributed by atoms with van der Waals surface area (Å²) < 4.78 is 5.07. The number of nitrogens with zero attached hydrogens (tertiary/aromatic N) is 2. The van der Waals surface area contributed by atoms with Crippen LogP contribution in [0.2, 0.25) is 0 Å². The molecule has 0 saturated carbocycles. The van der Waals surface area contributed by atoms with Crippen molar-refractivity contribution >= 4 is 30.7 Å². The fourth-order valence-electron chi connectivity index (χ4n) is 2.53. The topological polar surface area (TPSA) is 44.8 Å². The van der Waals surface area contributed by atoms with E-state index < -0.39 is 0 Å². The van der Waals surface area contributed by atoms with Gasteiger partial charge in [0.2, 0.25) is 5.91 Å². The quantitative estimate of drug-likeness (QED) is 0.814. The largest absolute Gasteiger partial charge is 0.383 e. The van der Waals surface area contributed by atoms with Crippen LogP contribution in [0.1, 0.15) is 12.8 Å². The molecule has 1 unspecified atom stereocenters. The predicted molar refractivity (Wildman–Crippen MR) is 80.4 cm³/mol. The Labute approximate surface area is 127 Å². The van der Waals surface area contributed by atoms with Gasteiger partial charge in [0.05, 0.1) is 12.6 Å². The summed E-state index contributed by atoms with van der Waals surface area (Å²) in [5.41, 5.74) is 0. The molecule has 0 aromatic carbocycles. The minimum absolute atomic E-state index is 0. The number of ether oxygens (including phenoxy) is 1. The van der Waals surface area contributed by atoms with E-state index in [1.165, 1.54) is 0 Å². The van der Waals surface area contributed by atoms with Crippen LogP contribution in [0, 0.1) is 0 Å². The van der Waals surface area contributed by atoms with Crippen molar-refractivity contribution in [2.24, 2.45) is 0 Å². The van der Waals surface area contributed by atoms with Gasteiger partial charge in [-0.05, 0) is 19.4 Å². The highest BCUT2D eigenvalue weighted by Crippen LogP contribution is 2.10. The number of rotatable bonds is 4. The maximum Gasteiger partial charge on any atom is 0.239 e. The number of carbonyl (C=O) groups excluding carboxylic acids is 1. The SMILES string of the molecule is COCCN1CCN(C(=O)C2CCCN2)CC1.Cl.Cl. The molecule has 114 valence electrons. The molecule has 1 amide bonds. The Morgan fingerprint density at radius 2 is 1.95 bits per heavy atom. The van der Waals surface area contributed by atoms with E-state index in [9.17, 15) is 4.79 Å². The first-order valence-corrected chi connectivity index (χ1v) is 6.54. The van der Waals surface area contributed by atoms with Crippen molar-refractivity contribution in [3.63, 3.8) is 0 Å². The van der Waals surface area contributed by atoms with E-state index in [2.05, 4.69) is 10.2 Å². The van der Waals surface area contributed by atoms with Gasteiger partial charge >= 0.3 is 0 Å². The van der Waals surface area contributed by atoms with Gasteiger partial charge in [0.25, 0.3) is 0 Å². The van der Waals surface area contributed by atoms with Crippen LogP contribution in [0.15, 0.2) is 0 Å². The lowest BCUT2D eigenvalue weighted by atomic mass is 10.2. The Morgan fingerprint density at radius 3 is 2.47 bits per heavy atom. The second-order valence-electron chi connectivity index (χ2n) is 4.81. The number of nitrogens with one attached hydrogen (secondary N) is 1. The Kier molecular flexibility index (Phi) is 9.74. The highest BCUT2D eigenvalue weighted by Gasteiger charge is 2.28. The third-order valence-electron chi connectivity index (χ3n) is 3.65. The van der Waals surface area contributed by atoms with Gasteiger partial charge in [-0.1, -0.05) is 0 Å². The van der Waals surface area contributed by atoms with Crippen LogP contribution >= 0.6 is 24.8 Å². The summed E-state index contributed by atoms with van der Waals surface area (Å²) in [5, 5.41) is 3.27. The first kappa shape index (κ1) is 18.9. The number of piperazine rings is 1. The summed E-state index contributed by atoms with van der Waals surface area (Å²) in [6.07, 6.45) is 2.13. The standard InChI is InChI=1S/C12H23N3O2.2ClH/c1-17-10-9-14-5-7-15(8-6-14)12(16)11-3-2-4-13-11;;/h11,13H,2-10H2,1H3;2*1H. The first-order chi connectivity index (χ1) is 8.31. The highest BCUT2D eigenvalue weighted by atomic mass is 35.5. The van der Waals surface area contributed by atoms with Gasteiger partial charge in [0, 0.05) is 39.8 Å². The molecule has 0 bridgehead atoms. The monoisotopic (exact) mass is 313 g/mol. The molecule has 0 spiro atoms. The molecule has 1 N–H and O–H groups in total. The molecule has 1 atom stereocenters. The number of hydrogen-bond acceptors (Lipinski definition) is 4. The summed E-state index contributed by atoms with van der Waals surface area (Å²) in [6, 6.07) is 0.0838. The van der Waals surface area contributed by atoms with Gasteiger partial charge in [-0.15, -0.1) is 24.8 Å². The van der Waals surface area contributed by atoms with Crippen molar-refractivity contribution in [3.8, 4) is 0 Å². The second kappa shape index (κ2) is 9.77. The lowest BCUT2D eigenvalue weighted by molar-refractivity contribution is -0.134. The van der Waals surface area contributed by atoms with Gasteiger partial charge in [0.1, 0.15) is 0 Å². The lowest BCUT2D eigenvalue weighted by Gasteiger charge is -2.35. The molecule has 0 radical (unpaired) electrons. The summed E-state index contributed by atoms with van der Waals surface area (Å²) in [7, 11) is 1.73. The van der Waals surface area contributed by atoms with Crippen LogP contribution in [-0.2, 0) is 9.53 Å². The van der Waals surface area contributed by atoms with Crippen molar-refractivity contribution in [1.82, 2.24) is 15.1 Å². The molecular formula is C12H25Cl2N3O2. The van der Waals surface area contributed by atoms with Crippen LogP contribution in [0.5, 0.6) is 0 Å². The normalized spacial score (nSPS) is 23.6. The van der Waals surface area contributed by atoms with E-state index in [-0.39, 0.29) is 30.9 Å². The molecule has 2 aliphatic rings. The Morgan fingerprint density at radius 1 is 1.26 bits per heavy atom. The minimum Gasteiger partial charge on any atom is -0.383 e. The molecule has 2 saturated heterocycles. The zero-order chi connectivity index (χ0) is 12.1. The van der Waals surface area contributed by atoms with E-state index in [1.807, 2.05) is 4.90 Å². The molecule has 0 aromatic heterocycles. The van der Waals surface area contributed by atoms with Crippen LogP contribution in [0.25, 0.3) is 0 Å². The highest BCUT2D eigenvalue weighted by molar-refractivity contribution is 5.85. The second-order valence-corrected chi connectivity index (χ2v) is 4.81. The van der Waals surface area contributed by atoms with Crippen LogP contribution < -0.4 is 5.32 Å². The molecule has 2 rings (SSSR count). The van der Waals surface area contributed by atoms with E-state index in [4.69, 9.17) is 4.74 Å². The maximum absolute atomic E-state index is 12.1. The van der Waals surface area contributed by atoms with Crippen molar-refractivity contribution in [2.45, 2.75) is 18.9 Å². The smallest absolute Gasteiger partial charge is 0.239 e. The first-order valence-electron chi connectivity index (χ1n) is 6.54. The van der Waals surface area contributed by atoms with E-state index in [0.717, 1.165) is 58.7 Å². The minimum atomic E-state index is 0. The Bertz CT molecular complexity index is 255. The van der Waals surface area contributed by atoms with Crippen molar-refractivity contribution in [3.05, 3.63) is 0 Å². The zero-order valence-electron chi connectivity index (χ0n) is 11.5. The average molecular weight is 314 g/mol. The van der Waals surface area contributed by atoms with Crippen LogP contribution in [0.3, 0.4) is 0 Å². The van der Waals surface area contributed by atoms with E-state index in [1.54, 1.807) is 7.11 Å². The number of hydrogen-bond donors (Lipinski definition) is 1. The lowest BCUT2D eigenvalue weighted by Crippen LogP contribution is -2.53. The molecule has 0 aliphatic carbocycles. The van der Waals surface area contributed by atoms with Crippen molar-refractivity contribution < 1.29 is 9.53 Å².